The van der Waals surface area contributed by atoms with Gasteiger partial charge in [-0.25, -0.2) is 0 Å². The average Bonchev–Trinajstić information content (AvgIpc) is 2.83. The Balaban J connectivity index is 1.76. The summed E-state index contributed by atoms with van der Waals surface area (Å²) in [6, 6.07) is 13.6. The summed E-state index contributed by atoms with van der Waals surface area (Å²) in [6.07, 6.45) is 7.02. The second kappa shape index (κ2) is 12.9. The van der Waals surface area contributed by atoms with E-state index in [0.29, 0.717) is 18.7 Å². The van der Waals surface area contributed by atoms with E-state index in [1.54, 1.807) is 4.90 Å². The molecule has 0 unspecified atom stereocenters. The Labute approximate surface area is 212 Å². The van der Waals surface area contributed by atoms with Gasteiger partial charge in [-0.2, -0.15) is 0 Å². The fourth-order valence-corrected chi connectivity index (χ4v) is 5.12. The number of ether oxygens (including phenoxy) is 1. The third-order valence-corrected chi connectivity index (χ3v) is 7.15. The molecule has 0 heterocycles. The summed E-state index contributed by atoms with van der Waals surface area (Å²) in [4.78, 5) is 28.4. The van der Waals surface area contributed by atoms with E-state index in [9.17, 15) is 9.59 Å². The molecule has 6 heteroatoms. The highest BCUT2D eigenvalue weighted by molar-refractivity contribution is 9.10. The molecule has 1 N–H and O–H groups in total. The van der Waals surface area contributed by atoms with Crippen molar-refractivity contribution in [3.05, 3.63) is 63.6 Å². The predicted octanol–water partition coefficient (Wildman–Crippen LogP) is 5.96. The number of carbonyl (C=O) groups is 2. The number of benzene rings is 2. The summed E-state index contributed by atoms with van der Waals surface area (Å²) in [5.41, 5.74) is 3.32. The Kier molecular flexibility index (Phi) is 10.00. The highest BCUT2D eigenvalue weighted by atomic mass is 79.9. The summed E-state index contributed by atoms with van der Waals surface area (Å²) >= 11 is 3.54. The molecule has 1 aliphatic rings. The predicted molar refractivity (Wildman–Crippen MR) is 140 cm³/mol. The van der Waals surface area contributed by atoms with Crippen LogP contribution < -0.4 is 10.1 Å². The van der Waals surface area contributed by atoms with Crippen LogP contribution in [0.15, 0.2) is 46.9 Å². The average molecular weight is 530 g/mol. The van der Waals surface area contributed by atoms with Gasteiger partial charge in [-0.1, -0.05) is 69.0 Å². The number of aryl methyl sites for hydroxylation is 2. The number of amides is 2. The molecule has 0 radical (unpaired) electrons. The van der Waals surface area contributed by atoms with Gasteiger partial charge in [0.1, 0.15) is 11.8 Å². The monoisotopic (exact) mass is 528 g/mol. The third-order valence-electron chi connectivity index (χ3n) is 6.53. The Morgan fingerprint density at radius 3 is 2.50 bits per heavy atom. The van der Waals surface area contributed by atoms with Gasteiger partial charge in [0, 0.05) is 12.6 Å². The second-order valence-corrected chi connectivity index (χ2v) is 10.0. The van der Waals surface area contributed by atoms with Gasteiger partial charge in [0.2, 0.25) is 5.91 Å². The van der Waals surface area contributed by atoms with E-state index >= 15 is 0 Å². The highest BCUT2D eigenvalue weighted by Gasteiger charge is 2.30. The topological polar surface area (TPSA) is 58.6 Å². The number of halogens is 1. The first-order valence-corrected chi connectivity index (χ1v) is 13.3. The zero-order valence-electron chi connectivity index (χ0n) is 20.6. The molecule has 0 spiro atoms. The molecular formula is C28H37BrN2O3. The van der Waals surface area contributed by atoms with Crippen molar-refractivity contribution < 1.29 is 14.3 Å². The minimum Gasteiger partial charge on any atom is -0.483 e. The minimum absolute atomic E-state index is 0.0658. The van der Waals surface area contributed by atoms with Crippen LogP contribution in [-0.4, -0.2) is 35.4 Å². The molecule has 3 rings (SSSR count). The van der Waals surface area contributed by atoms with E-state index in [4.69, 9.17) is 4.74 Å². The van der Waals surface area contributed by atoms with Gasteiger partial charge in [0.05, 0.1) is 4.47 Å². The fourth-order valence-electron chi connectivity index (χ4n) is 4.57. The van der Waals surface area contributed by atoms with Crippen LogP contribution in [0.5, 0.6) is 5.75 Å². The smallest absolute Gasteiger partial charge is 0.261 e. The molecule has 0 aliphatic heterocycles. The van der Waals surface area contributed by atoms with Crippen molar-refractivity contribution in [3.8, 4) is 5.75 Å². The number of nitrogens with zero attached hydrogens (tertiary/aromatic N) is 1. The Bertz CT molecular complexity index is 972. The van der Waals surface area contributed by atoms with Crippen LogP contribution in [0.1, 0.15) is 69.1 Å². The molecule has 0 saturated heterocycles. The summed E-state index contributed by atoms with van der Waals surface area (Å²) in [7, 11) is 0. The number of rotatable bonds is 10. The van der Waals surface area contributed by atoms with Crippen LogP contribution in [0, 0.1) is 6.92 Å². The molecule has 5 nitrogen and oxygen atoms in total. The molecule has 184 valence electrons. The number of hydrogen-bond acceptors (Lipinski definition) is 3. The van der Waals surface area contributed by atoms with Crippen molar-refractivity contribution in [3.63, 3.8) is 0 Å². The lowest BCUT2D eigenvalue weighted by atomic mass is 9.95. The van der Waals surface area contributed by atoms with Crippen molar-refractivity contribution in [2.24, 2.45) is 0 Å². The van der Waals surface area contributed by atoms with Crippen molar-refractivity contribution in [1.82, 2.24) is 10.2 Å². The number of hydrogen-bond donors (Lipinski definition) is 1. The van der Waals surface area contributed by atoms with Crippen molar-refractivity contribution in [2.75, 3.05) is 6.61 Å². The standard InChI is InChI=1S/C28H37BrN2O3/c1-4-21-14-15-26(24(29)17-21)34-19-27(32)31(18-22-11-9-10-20(3)16-22)25(5-2)28(33)30-23-12-7-6-8-13-23/h9-11,14-17,23,25H,4-8,12-13,18-19H2,1-3H3,(H,30,33)/t25-/m1/s1. The minimum atomic E-state index is -0.538. The van der Waals surface area contributed by atoms with Crippen molar-refractivity contribution >= 4 is 27.7 Å². The summed E-state index contributed by atoms with van der Waals surface area (Å²) in [5.74, 6) is 0.364. The zero-order chi connectivity index (χ0) is 24.5. The Hall–Kier alpha value is -2.34. The second-order valence-electron chi connectivity index (χ2n) is 9.19. The molecular weight excluding hydrogens is 492 g/mol. The van der Waals surface area contributed by atoms with Gasteiger partial charge >= 0.3 is 0 Å². The lowest BCUT2D eigenvalue weighted by Gasteiger charge is -2.32. The zero-order valence-corrected chi connectivity index (χ0v) is 22.2. The lowest BCUT2D eigenvalue weighted by molar-refractivity contribution is -0.143. The molecule has 1 saturated carbocycles. The summed E-state index contributed by atoms with van der Waals surface area (Å²) in [5, 5.41) is 3.22. The van der Waals surface area contributed by atoms with Crippen LogP contribution in [0.2, 0.25) is 0 Å². The SMILES string of the molecule is CCc1ccc(OCC(=O)N(Cc2cccc(C)c2)[C@H](CC)C(=O)NC2CCCCC2)c(Br)c1. The lowest BCUT2D eigenvalue weighted by Crippen LogP contribution is -2.52. The maximum absolute atomic E-state index is 13.4. The maximum atomic E-state index is 13.4. The number of nitrogens with one attached hydrogen (secondary N) is 1. The largest absolute Gasteiger partial charge is 0.483 e. The van der Waals surface area contributed by atoms with Gasteiger partial charge < -0.3 is 15.0 Å². The molecule has 34 heavy (non-hydrogen) atoms. The van der Waals surface area contributed by atoms with Crippen LogP contribution in [-0.2, 0) is 22.6 Å². The highest BCUT2D eigenvalue weighted by Crippen LogP contribution is 2.26. The van der Waals surface area contributed by atoms with Crippen molar-refractivity contribution in [1.29, 1.82) is 0 Å². The van der Waals surface area contributed by atoms with Crippen LogP contribution in [0.4, 0.5) is 0 Å². The van der Waals surface area contributed by atoms with E-state index in [0.717, 1.165) is 47.7 Å². The normalized spacial score (nSPS) is 14.9. The van der Waals surface area contributed by atoms with E-state index < -0.39 is 6.04 Å². The van der Waals surface area contributed by atoms with E-state index in [1.807, 2.05) is 50.2 Å². The molecule has 2 aromatic carbocycles. The quantitative estimate of drug-likeness (QED) is 0.414. The molecule has 2 aromatic rings. The molecule has 1 aliphatic carbocycles. The first-order chi connectivity index (χ1) is 16.4. The van der Waals surface area contributed by atoms with Crippen LogP contribution >= 0.6 is 15.9 Å². The number of carbonyl (C=O) groups excluding carboxylic acids is 2. The van der Waals surface area contributed by atoms with Crippen LogP contribution in [0.25, 0.3) is 0 Å². The fraction of sp³-hybridized carbons (Fsp3) is 0.500. The summed E-state index contributed by atoms with van der Waals surface area (Å²) < 4.78 is 6.72. The van der Waals surface area contributed by atoms with Crippen molar-refractivity contribution in [2.45, 2.75) is 84.3 Å². The Morgan fingerprint density at radius 2 is 1.85 bits per heavy atom. The van der Waals surface area contributed by atoms with Gasteiger partial charge in [-0.3, -0.25) is 9.59 Å². The molecule has 1 fully saturated rings. The van der Waals surface area contributed by atoms with E-state index in [1.165, 1.54) is 12.0 Å². The molecule has 0 bridgehead atoms. The van der Waals surface area contributed by atoms with Gasteiger partial charge in [0.15, 0.2) is 6.61 Å². The first-order valence-electron chi connectivity index (χ1n) is 12.5. The maximum Gasteiger partial charge on any atom is 0.261 e. The van der Waals surface area contributed by atoms with Gasteiger partial charge in [-0.15, -0.1) is 0 Å². The Morgan fingerprint density at radius 1 is 1.09 bits per heavy atom. The molecule has 0 aromatic heterocycles. The van der Waals surface area contributed by atoms with Gasteiger partial charge in [0.25, 0.3) is 5.91 Å². The molecule has 2 amide bonds. The summed E-state index contributed by atoms with van der Waals surface area (Å²) in [6.45, 7) is 6.34. The first kappa shape index (κ1) is 26.3. The molecule has 1 atom stereocenters. The van der Waals surface area contributed by atoms with E-state index in [2.05, 4.69) is 34.2 Å². The third kappa shape index (κ3) is 7.33. The van der Waals surface area contributed by atoms with Crippen LogP contribution in [0.3, 0.4) is 0 Å². The van der Waals surface area contributed by atoms with Gasteiger partial charge in [-0.05, 0) is 71.8 Å². The van der Waals surface area contributed by atoms with E-state index in [-0.39, 0.29) is 24.5 Å².